The van der Waals surface area contributed by atoms with Gasteiger partial charge in [0.15, 0.2) is 5.65 Å². The number of aromatic nitrogens is 6. The van der Waals surface area contributed by atoms with E-state index in [2.05, 4.69) is 27.2 Å². The molecule has 20 heavy (non-hydrogen) atoms. The summed E-state index contributed by atoms with van der Waals surface area (Å²) in [6.45, 7) is 2.67. The highest BCUT2D eigenvalue weighted by atomic mass is 15.3. The second-order valence-corrected chi connectivity index (χ2v) is 4.76. The Morgan fingerprint density at radius 3 is 2.90 bits per heavy atom. The SMILES string of the molecule is CCCc1nn(C)c2c1nc(N)n2Cc1cccnn1. The van der Waals surface area contributed by atoms with Gasteiger partial charge in [0.05, 0.1) is 17.9 Å². The minimum atomic E-state index is 0.482. The molecule has 0 aromatic carbocycles. The molecule has 0 amide bonds. The zero-order valence-corrected chi connectivity index (χ0v) is 11.6. The average molecular weight is 271 g/mol. The zero-order chi connectivity index (χ0) is 14.1. The lowest BCUT2D eigenvalue weighted by Gasteiger charge is -2.05. The van der Waals surface area contributed by atoms with Crippen molar-refractivity contribution in [3.8, 4) is 0 Å². The fraction of sp³-hybridized carbons (Fsp3) is 0.385. The van der Waals surface area contributed by atoms with Gasteiger partial charge in [0, 0.05) is 13.2 Å². The van der Waals surface area contributed by atoms with Crippen molar-refractivity contribution < 1.29 is 0 Å². The van der Waals surface area contributed by atoms with Crippen LogP contribution >= 0.6 is 0 Å². The molecule has 0 aliphatic rings. The van der Waals surface area contributed by atoms with Crippen LogP contribution < -0.4 is 5.73 Å². The third-order valence-corrected chi connectivity index (χ3v) is 3.26. The summed E-state index contributed by atoms with van der Waals surface area (Å²) in [6.07, 6.45) is 3.59. The van der Waals surface area contributed by atoms with Crippen LogP contribution in [0.15, 0.2) is 18.3 Å². The van der Waals surface area contributed by atoms with Gasteiger partial charge in [-0.2, -0.15) is 15.3 Å². The molecule has 3 aromatic rings. The number of hydrogen-bond acceptors (Lipinski definition) is 5. The van der Waals surface area contributed by atoms with Crippen LogP contribution in [-0.2, 0) is 20.0 Å². The Morgan fingerprint density at radius 1 is 1.35 bits per heavy atom. The summed E-state index contributed by atoms with van der Waals surface area (Å²) in [7, 11) is 1.91. The highest BCUT2D eigenvalue weighted by molar-refractivity contribution is 5.77. The van der Waals surface area contributed by atoms with Crippen molar-refractivity contribution in [2.24, 2.45) is 7.05 Å². The fourth-order valence-electron chi connectivity index (χ4n) is 2.40. The predicted octanol–water partition coefficient (Wildman–Crippen LogP) is 1.14. The van der Waals surface area contributed by atoms with Gasteiger partial charge in [-0.1, -0.05) is 13.3 Å². The normalized spacial score (nSPS) is 11.3. The quantitative estimate of drug-likeness (QED) is 0.769. The van der Waals surface area contributed by atoms with Crippen LogP contribution in [0.3, 0.4) is 0 Å². The van der Waals surface area contributed by atoms with E-state index >= 15 is 0 Å². The number of aryl methyl sites for hydroxylation is 2. The van der Waals surface area contributed by atoms with E-state index in [0.717, 1.165) is 35.4 Å². The standard InChI is InChI=1S/C13H17N7/c1-3-5-10-11-12(19(2)18-10)20(13(14)16-11)8-9-6-4-7-15-17-9/h4,6-7H,3,5,8H2,1-2H3,(H2,14,16). The van der Waals surface area contributed by atoms with Crippen molar-refractivity contribution in [3.05, 3.63) is 29.7 Å². The molecule has 3 aromatic heterocycles. The first kappa shape index (κ1) is 12.6. The lowest BCUT2D eigenvalue weighted by Crippen LogP contribution is -2.09. The molecular weight excluding hydrogens is 254 g/mol. The number of rotatable bonds is 4. The van der Waals surface area contributed by atoms with E-state index in [1.54, 1.807) is 6.20 Å². The number of anilines is 1. The van der Waals surface area contributed by atoms with E-state index in [-0.39, 0.29) is 0 Å². The van der Waals surface area contributed by atoms with Gasteiger partial charge in [-0.25, -0.2) is 4.98 Å². The number of hydrogen-bond donors (Lipinski definition) is 1. The van der Waals surface area contributed by atoms with Gasteiger partial charge in [-0.3, -0.25) is 9.25 Å². The molecule has 0 radical (unpaired) electrons. The number of fused-ring (bicyclic) bond motifs is 1. The average Bonchev–Trinajstić information content (AvgIpc) is 2.91. The molecule has 0 saturated carbocycles. The first-order valence-electron chi connectivity index (χ1n) is 6.65. The third kappa shape index (κ3) is 2.01. The molecule has 0 unspecified atom stereocenters. The molecule has 0 saturated heterocycles. The lowest BCUT2D eigenvalue weighted by atomic mass is 10.2. The third-order valence-electron chi connectivity index (χ3n) is 3.26. The Balaban J connectivity index is 2.09. The highest BCUT2D eigenvalue weighted by Gasteiger charge is 2.17. The molecule has 104 valence electrons. The molecule has 0 fully saturated rings. The lowest BCUT2D eigenvalue weighted by molar-refractivity contribution is 0.702. The van der Waals surface area contributed by atoms with Crippen LogP contribution in [0.25, 0.3) is 11.2 Å². The molecular formula is C13H17N7. The maximum Gasteiger partial charge on any atom is 0.202 e. The van der Waals surface area contributed by atoms with Crippen molar-refractivity contribution in [1.82, 2.24) is 29.5 Å². The molecule has 2 N–H and O–H groups in total. The summed E-state index contributed by atoms with van der Waals surface area (Å²) in [4.78, 5) is 4.46. The van der Waals surface area contributed by atoms with Crippen LogP contribution in [0.1, 0.15) is 24.7 Å². The minimum Gasteiger partial charge on any atom is -0.369 e. The first-order valence-corrected chi connectivity index (χ1v) is 6.65. The summed E-state index contributed by atoms with van der Waals surface area (Å²) in [5, 5.41) is 12.5. The summed E-state index contributed by atoms with van der Waals surface area (Å²) in [5.74, 6) is 0.482. The fourth-order valence-corrected chi connectivity index (χ4v) is 2.40. The molecule has 0 spiro atoms. The largest absolute Gasteiger partial charge is 0.369 e. The van der Waals surface area contributed by atoms with E-state index in [9.17, 15) is 0 Å². The van der Waals surface area contributed by atoms with Crippen LogP contribution in [0.2, 0.25) is 0 Å². The van der Waals surface area contributed by atoms with E-state index < -0.39 is 0 Å². The van der Waals surface area contributed by atoms with Crippen LogP contribution in [0.4, 0.5) is 5.95 Å². The molecule has 3 rings (SSSR count). The number of nitrogens with zero attached hydrogens (tertiary/aromatic N) is 6. The van der Waals surface area contributed by atoms with Gasteiger partial charge in [-0.05, 0) is 18.6 Å². The van der Waals surface area contributed by atoms with Crippen molar-refractivity contribution in [1.29, 1.82) is 0 Å². The van der Waals surface area contributed by atoms with Crippen LogP contribution in [0, 0.1) is 0 Å². The van der Waals surface area contributed by atoms with Gasteiger partial charge in [0.25, 0.3) is 0 Å². The van der Waals surface area contributed by atoms with E-state index in [1.165, 1.54) is 0 Å². The Kier molecular flexibility index (Phi) is 3.09. The molecule has 0 atom stereocenters. The van der Waals surface area contributed by atoms with E-state index in [1.807, 2.05) is 28.4 Å². The van der Waals surface area contributed by atoms with Crippen LogP contribution in [-0.4, -0.2) is 29.5 Å². The highest BCUT2D eigenvalue weighted by Crippen LogP contribution is 2.22. The smallest absolute Gasteiger partial charge is 0.202 e. The van der Waals surface area contributed by atoms with E-state index in [4.69, 9.17) is 5.73 Å². The molecule has 0 aliphatic carbocycles. The Morgan fingerprint density at radius 2 is 2.20 bits per heavy atom. The number of nitrogen functional groups attached to an aromatic ring is 1. The van der Waals surface area contributed by atoms with Gasteiger partial charge in [0.2, 0.25) is 5.95 Å². The first-order chi connectivity index (χ1) is 9.70. The number of nitrogens with two attached hydrogens (primary N) is 1. The number of imidazole rings is 1. The van der Waals surface area contributed by atoms with Gasteiger partial charge >= 0.3 is 0 Å². The summed E-state index contributed by atoms with van der Waals surface area (Å²) in [5.41, 5.74) is 9.69. The van der Waals surface area contributed by atoms with Crippen molar-refractivity contribution in [2.75, 3.05) is 5.73 Å². The van der Waals surface area contributed by atoms with Gasteiger partial charge in [0.1, 0.15) is 5.52 Å². The minimum absolute atomic E-state index is 0.482. The maximum absolute atomic E-state index is 6.04. The summed E-state index contributed by atoms with van der Waals surface area (Å²) >= 11 is 0. The maximum atomic E-state index is 6.04. The molecule has 3 heterocycles. The molecule has 0 aliphatic heterocycles. The summed E-state index contributed by atoms with van der Waals surface area (Å²) < 4.78 is 3.76. The van der Waals surface area contributed by atoms with E-state index in [0.29, 0.717) is 12.5 Å². The second kappa shape index (κ2) is 4.92. The Hall–Kier alpha value is -2.44. The monoisotopic (exact) mass is 271 g/mol. The summed E-state index contributed by atoms with van der Waals surface area (Å²) in [6, 6.07) is 3.78. The van der Waals surface area contributed by atoms with Crippen molar-refractivity contribution in [2.45, 2.75) is 26.3 Å². The van der Waals surface area contributed by atoms with Crippen molar-refractivity contribution in [3.63, 3.8) is 0 Å². The Bertz CT molecular complexity index is 726. The molecule has 7 heteroatoms. The molecule has 0 bridgehead atoms. The van der Waals surface area contributed by atoms with Crippen LogP contribution in [0.5, 0.6) is 0 Å². The zero-order valence-electron chi connectivity index (χ0n) is 11.6. The van der Waals surface area contributed by atoms with Gasteiger partial charge in [-0.15, -0.1) is 0 Å². The molecule has 7 nitrogen and oxygen atoms in total. The predicted molar refractivity (Wildman–Crippen MR) is 76.0 cm³/mol. The van der Waals surface area contributed by atoms with Gasteiger partial charge < -0.3 is 5.73 Å². The Labute approximate surface area is 116 Å². The van der Waals surface area contributed by atoms with Crippen molar-refractivity contribution >= 4 is 17.1 Å². The second-order valence-electron chi connectivity index (χ2n) is 4.76. The topological polar surface area (TPSA) is 87.4 Å².